The maximum Gasteiger partial charge on any atom is 0.407 e. The van der Waals surface area contributed by atoms with Gasteiger partial charge in [-0.1, -0.05) is 34.1 Å². The normalized spacial score (nSPS) is 48.2. The zero-order valence-corrected chi connectivity index (χ0v) is 22.7. The number of aliphatic hydroxyl groups excluding tert-OH is 2. The summed E-state index contributed by atoms with van der Waals surface area (Å²) in [6.45, 7) is 10.2. The molecule has 35 heavy (non-hydrogen) atoms. The van der Waals surface area contributed by atoms with Gasteiger partial charge in [0.25, 0.3) is 0 Å². The Hall–Kier alpha value is -0.810. The van der Waals surface area contributed by atoms with Gasteiger partial charge in [0.05, 0.1) is 18.8 Å². The predicted molar refractivity (Wildman–Crippen MR) is 138 cm³/mol. The molecule has 5 fully saturated rings. The summed E-state index contributed by atoms with van der Waals surface area (Å²) in [5.41, 5.74) is 0.530. The van der Waals surface area contributed by atoms with Gasteiger partial charge in [-0.3, -0.25) is 0 Å². The minimum Gasteiger partial charge on any atom is -0.450 e. The first-order valence-corrected chi connectivity index (χ1v) is 15.0. The Morgan fingerprint density at radius 3 is 2.40 bits per heavy atom. The molecule has 0 spiro atoms. The van der Waals surface area contributed by atoms with Crippen LogP contribution in [0.3, 0.4) is 0 Å². The zero-order chi connectivity index (χ0) is 25.0. The molecule has 1 amide bonds. The van der Waals surface area contributed by atoms with Gasteiger partial charge in [0.1, 0.15) is 0 Å². The molecular formula is C30H51NO4. The summed E-state index contributed by atoms with van der Waals surface area (Å²) in [5, 5.41) is 25.3. The molecule has 0 heterocycles. The smallest absolute Gasteiger partial charge is 0.407 e. The monoisotopic (exact) mass is 489 g/mol. The van der Waals surface area contributed by atoms with Gasteiger partial charge < -0.3 is 20.3 Å². The van der Waals surface area contributed by atoms with E-state index in [1.54, 1.807) is 0 Å². The number of alkyl carbamates (subject to hydrolysis) is 1. The minimum absolute atomic E-state index is 0.186. The molecule has 5 nitrogen and oxygen atoms in total. The third-order valence-corrected chi connectivity index (χ3v) is 12.4. The van der Waals surface area contributed by atoms with Crippen molar-refractivity contribution in [3.05, 3.63) is 0 Å². The van der Waals surface area contributed by atoms with Crippen LogP contribution < -0.4 is 5.32 Å². The summed E-state index contributed by atoms with van der Waals surface area (Å²) < 4.78 is 5.55. The van der Waals surface area contributed by atoms with Gasteiger partial charge in [-0.25, -0.2) is 4.79 Å². The average Bonchev–Trinajstić information content (AvgIpc) is 3.15. The van der Waals surface area contributed by atoms with Crippen LogP contribution in [-0.2, 0) is 4.74 Å². The third kappa shape index (κ3) is 4.35. The van der Waals surface area contributed by atoms with Crippen LogP contribution in [0.25, 0.3) is 0 Å². The molecule has 5 rings (SSSR count). The van der Waals surface area contributed by atoms with Gasteiger partial charge in [0, 0.05) is 6.04 Å². The lowest BCUT2D eigenvalue weighted by atomic mass is 9.41. The Labute approximate surface area is 213 Å². The fourth-order valence-electron chi connectivity index (χ4n) is 10.2. The van der Waals surface area contributed by atoms with Crippen LogP contribution in [0.4, 0.5) is 4.79 Å². The number of amides is 1. The lowest BCUT2D eigenvalue weighted by Crippen LogP contribution is -2.62. The molecule has 0 aliphatic heterocycles. The summed E-state index contributed by atoms with van der Waals surface area (Å²) in [4.78, 5) is 12.1. The molecule has 0 aromatic rings. The van der Waals surface area contributed by atoms with Crippen molar-refractivity contribution < 1.29 is 19.7 Å². The first-order valence-electron chi connectivity index (χ1n) is 15.0. The van der Waals surface area contributed by atoms with Gasteiger partial charge >= 0.3 is 6.09 Å². The van der Waals surface area contributed by atoms with Crippen molar-refractivity contribution in [3.8, 4) is 0 Å². The van der Waals surface area contributed by atoms with Gasteiger partial charge in [-0.15, -0.1) is 0 Å². The highest BCUT2D eigenvalue weighted by molar-refractivity contribution is 5.67. The number of carbonyl (C=O) groups is 1. The molecule has 0 radical (unpaired) electrons. The molecule has 0 aromatic carbocycles. The van der Waals surface area contributed by atoms with E-state index in [-0.39, 0.29) is 29.1 Å². The van der Waals surface area contributed by atoms with Crippen molar-refractivity contribution in [2.24, 2.45) is 52.3 Å². The maximum atomic E-state index is 12.1. The molecular weight excluding hydrogens is 438 g/mol. The minimum atomic E-state index is -0.241. The number of fused-ring (bicyclic) bond motifs is 5. The quantitative estimate of drug-likeness (QED) is 0.433. The van der Waals surface area contributed by atoms with Crippen LogP contribution in [0.5, 0.6) is 0 Å². The van der Waals surface area contributed by atoms with Crippen molar-refractivity contribution >= 4 is 6.09 Å². The highest BCUT2D eigenvalue weighted by Crippen LogP contribution is 2.69. The molecule has 0 saturated heterocycles. The third-order valence-electron chi connectivity index (χ3n) is 12.4. The average molecular weight is 490 g/mol. The summed E-state index contributed by atoms with van der Waals surface area (Å²) in [6.07, 6.45) is 12.5. The SMILES string of the molecule is CC[C@@H]1C2C[C@H](O)CC[C@]2(C)[C@H]2CCC3(C)[C@@H]([C@H](C)CCOC(=O)NC4CCC4)CC[C@H]3C2[C@@H]1O. The Morgan fingerprint density at radius 2 is 1.71 bits per heavy atom. The van der Waals surface area contributed by atoms with Crippen molar-refractivity contribution in [2.45, 2.75) is 123 Å². The van der Waals surface area contributed by atoms with E-state index in [0.717, 1.165) is 44.9 Å². The molecule has 5 heteroatoms. The molecule has 5 saturated carbocycles. The van der Waals surface area contributed by atoms with E-state index in [2.05, 4.69) is 33.0 Å². The Kier molecular flexibility index (Phi) is 7.24. The van der Waals surface area contributed by atoms with E-state index >= 15 is 0 Å². The maximum absolute atomic E-state index is 12.1. The van der Waals surface area contributed by atoms with Gasteiger partial charge in [0.2, 0.25) is 0 Å². The second kappa shape index (κ2) is 9.82. The summed E-state index contributed by atoms with van der Waals surface area (Å²) in [7, 11) is 0. The van der Waals surface area contributed by atoms with Crippen LogP contribution in [0.2, 0.25) is 0 Å². The van der Waals surface area contributed by atoms with E-state index in [1.807, 2.05) is 0 Å². The highest BCUT2D eigenvalue weighted by Gasteiger charge is 2.64. The molecule has 5 aliphatic rings. The molecule has 3 unspecified atom stereocenters. The molecule has 0 bridgehead atoms. The summed E-state index contributed by atoms with van der Waals surface area (Å²) >= 11 is 0. The number of ether oxygens (including phenoxy) is 1. The van der Waals surface area contributed by atoms with E-state index in [4.69, 9.17) is 4.74 Å². The number of hydrogen-bond acceptors (Lipinski definition) is 4. The Balaban J connectivity index is 1.26. The molecule has 11 atom stereocenters. The second-order valence-corrected chi connectivity index (χ2v) is 13.8. The van der Waals surface area contributed by atoms with Crippen molar-refractivity contribution in [2.75, 3.05) is 6.61 Å². The number of hydrogen-bond donors (Lipinski definition) is 3. The lowest BCUT2D eigenvalue weighted by Gasteiger charge is -2.64. The molecule has 5 aliphatic carbocycles. The topological polar surface area (TPSA) is 78.8 Å². The fourth-order valence-corrected chi connectivity index (χ4v) is 10.2. The second-order valence-electron chi connectivity index (χ2n) is 13.8. The van der Waals surface area contributed by atoms with Crippen LogP contribution >= 0.6 is 0 Å². The van der Waals surface area contributed by atoms with Gasteiger partial charge in [0.15, 0.2) is 0 Å². The fraction of sp³-hybridized carbons (Fsp3) is 0.967. The number of carbonyl (C=O) groups excluding carboxylic acids is 1. The van der Waals surface area contributed by atoms with Crippen LogP contribution in [0.1, 0.15) is 105 Å². The lowest BCUT2D eigenvalue weighted by molar-refractivity contribution is -0.203. The van der Waals surface area contributed by atoms with Crippen molar-refractivity contribution in [1.82, 2.24) is 5.32 Å². The Bertz CT molecular complexity index is 769. The number of nitrogens with one attached hydrogen (secondary N) is 1. The Morgan fingerprint density at radius 1 is 1.00 bits per heavy atom. The van der Waals surface area contributed by atoms with E-state index < -0.39 is 0 Å². The zero-order valence-electron chi connectivity index (χ0n) is 22.7. The molecule has 0 aromatic heterocycles. The molecule has 3 N–H and O–H groups in total. The highest BCUT2D eigenvalue weighted by atomic mass is 16.5. The van der Waals surface area contributed by atoms with Crippen molar-refractivity contribution in [1.29, 1.82) is 0 Å². The number of aliphatic hydroxyl groups is 2. The van der Waals surface area contributed by atoms with Gasteiger partial charge in [-0.2, -0.15) is 0 Å². The number of rotatable bonds is 6. The van der Waals surface area contributed by atoms with Crippen LogP contribution in [-0.4, -0.2) is 41.2 Å². The first kappa shape index (κ1) is 25.8. The summed E-state index contributed by atoms with van der Waals surface area (Å²) in [6, 6.07) is 0.326. The standard InChI is InChI=1S/C30H51NO4/c1-5-21-25-17-20(32)11-14-30(25,4)24-12-15-29(3)22(9-10-23(29)26(24)27(21)33)18(2)13-16-35-28(34)31-19-7-6-8-19/h18-27,32-33H,5-17H2,1-4H3,(H,31,34)/t18-,20-,21-,22-,23+,24+,25?,26?,27-,29?,30-/m1/s1. The van der Waals surface area contributed by atoms with E-state index in [1.165, 1.54) is 32.1 Å². The van der Waals surface area contributed by atoms with E-state index in [9.17, 15) is 15.0 Å². The van der Waals surface area contributed by atoms with E-state index in [0.29, 0.717) is 54.1 Å². The molecule has 200 valence electrons. The largest absolute Gasteiger partial charge is 0.450 e. The first-order chi connectivity index (χ1) is 16.7. The van der Waals surface area contributed by atoms with Crippen LogP contribution in [0.15, 0.2) is 0 Å². The summed E-state index contributed by atoms with van der Waals surface area (Å²) in [5.74, 6) is 3.51. The van der Waals surface area contributed by atoms with Gasteiger partial charge in [-0.05, 0) is 123 Å². The van der Waals surface area contributed by atoms with Crippen molar-refractivity contribution in [3.63, 3.8) is 0 Å². The predicted octanol–water partition coefficient (Wildman–Crippen LogP) is 5.92. The van der Waals surface area contributed by atoms with Crippen LogP contribution in [0, 0.1) is 52.3 Å².